The summed E-state index contributed by atoms with van der Waals surface area (Å²) in [7, 11) is 3.15. The Morgan fingerprint density at radius 2 is 1.89 bits per heavy atom. The number of aryl methyl sites for hydroxylation is 1. The third kappa shape index (κ3) is 3.38. The van der Waals surface area contributed by atoms with Crippen LogP contribution in [0.4, 0.5) is 5.69 Å². The molecule has 100 valence electrons. The summed E-state index contributed by atoms with van der Waals surface area (Å²) in [5.74, 6) is 1.19. The zero-order valence-corrected chi connectivity index (χ0v) is 12.6. The normalized spacial score (nSPS) is 11.8. The monoisotopic (exact) mass is 315 g/mol. The van der Waals surface area contributed by atoms with Gasteiger partial charge in [-0.2, -0.15) is 0 Å². The van der Waals surface area contributed by atoms with Gasteiger partial charge < -0.3 is 14.8 Å². The molecule has 1 rings (SSSR count). The van der Waals surface area contributed by atoms with E-state index >= 15 is 0 Å². The molecular weight excluding hydrogens is 298 g/mol. The van der Waals surface area contributed by atoms with Crippen molar-refractivity contribution >= 4 is 27.5 Å². The van der Waals surface area contributed by atoms with Gasteiger partial charge in [0.2, 0.25) is 5.91 Å². The second kappa shape index (κ2) is 6.64. The molecule has 1 aromatic rings. The standard InChI is InChI=1S/C13H18BrNO3/c1-5-9(14)13(16)15-10-7-12(18-4)11(17-3)6-8(10)2/h6-7,9H,5H2,1-4H3,(H,15,16). The lowest BCUT2D eigenvalue weighted by molar-refractivity contribution is -0.115. The Hall–Kier alpha value is -1.23. The summed E-state index contributed by atoms with van der Waals surface area (Å²) in [5.41, 5.74) is 1.66. The zero-order chi connectivity index (χ0) is 13.7. The van der Waals surface area contributed by atoms with E-state index in [1.807, 2.05) is 19.9 Å². The molecule has 0 heterocycles. The van der Waals surface area contributed by atoms with Crippen LogP contribution in [0, 0.1) is 6.92 Å². The van der Waals surface area contributed by atoms with Crippen molar-refractivity contribution in [2.45, 2.75) is 25.1 Å². The van der Waals surface area contributed by atoms with E-state index in [1.165, 1.54) is 0 Å². The van der Waals surface area contributed by atoms with E-state index in [9.17, 15) is 4.79 Å². The first-order valence-corrected chi connectivity index (χ1v) is 6.62. The van der Waals surface area contributed by atoms with Crippen LogP contribution in [0.25, 0.3) is 0 Å². The van der Waals surface area contributed by atoms with Gasteiger partial charge in [-0.15, -0.1) is 0 Å². The van der Waals surface area contributed by atoms with E-state index in [0.717, 1.165) is 17.7 Å². The van der Waals surface area contributed by atoms with Crippen molar-refractivity contribution in [1.82, 2.24) is 0 Å². The number of amides is 1. The smallest absolute Gasteiger partial charge is 0.238 e. The highest BCUT2D eigenvalue weighted by atomic mass is 79.9. The van der Waals surface area contributed by atoms with Crippen LogP contribution >= 0.6 is 15.9 Å². The lowest BCUT2D eigenvalue weighted by Gasteiger charge is -2.14. The van der Waals surface area contributed by atoms with Gasteiger partial charge in [-0.1, -0.05) is 22.9 Å². The van der Waals surface area contributed by atoms with Crippen LogP contribution in [0.3, 0.4) is 0 Å². The summed E-state index contributed by atoms with van der Waals surface area (Å²) in [4.78, 5) is 11.6. The van der Waals surface area contributed by atoms with E-state index in [1.54, 1.807) is 20.3 Å². The molecule has 5 heteroatoms. The molecule has 1 aromatic carbocycles. The maximum Gasteiger partial charge on any atom is 0.238 e. The van der Waals surface area contributed by atoms with Gasteiger partial charge >= 0.3 is 0 Å². The van der Waals surface area contributed by atoms with Crippen molar-refractivity contribution in [3.05, 3.63) is 17.7 Å². The summed E-state index contributed by atoms with van der Waals surface area (Å²) in [6, 6.07) is 3.60. The number of hydrogen-bond donors (Lipinski definition) is 1. The highest BCUT2D eigenvalue weighted by Gasteiger charge is 2.15. The highest BCUT2D eigenvalue weighted by Crippen LogP contribution is 2.33. The SMILES string of the molecule is CCC(Br)C(=O)Nc1cc(OC)c(OC)cc1C. The van der Waals surface area contributed by atoms with Crippen molar-refractivity contribution in [2.75, 3.05) is 19.5 Å². The van der Waals surface area contributed by atoms with E-state index in [2.05, 4.69) is 21.2 Å². The molecule has 0 bridgehead atoms. The van der Waals surface area contributed by atoms with Crippen LogP contribution in [-0.4, -0.2) is 25.0 Å². The number of carbonyl (C=O) groups is 1. The maximum atomic E-state index is 11.8. The number of methoxy groups -OCH3 is 2. The Bertz CT molecular complexity index is 434. The van der Waals surface area contributed by atoms with E-state index in [-0.39, 0.29) is 10.7 Å². The van der Waals surface area contributed by atoms with Crippen LogP contribution in [0.1, 0.15) is 18.9 Å². The zero-order valence-electron chi connectivity index (χ0n) is 11.0. The lowest BCUT2D eigenvalue weighted by atomic mass is 10.1. The minimum absolute atomic E-state index is 0.0622. The van der Waals surface area contributed by atoms with Crippen LogP contribution in [-0.2, 0) is 4.79 Å². The molecule has 1 N–H and O–H groups in total. The van der Waals surface area contributed by atoms with Crippen molar-refractivity contribution in [3.63, 3.8) is 0 Å². The fourth-order valence-corrected chi connectivity index (χ4v) is 1.63. The minimum atomic E-state index is -0.190. The number of carbonyl (C=O) groups excluding carboxylic acids is 1. The summed E-state index contributed by atoms with van der Waals surface area (Å²) < 4.78 is 10.4. The number of halogens is 1. The number of anilines is 1. The van der Waals surface area contributed by atoms with Crippen LogP contribution in [0.15, 0.2) is 12.1 Å². The maximum absolute atomic E-state index is 11.8. The van der Waals surface area contributed by atoms with Crippen molar-refractivity contribution in [2.24, 2.45) is 0 Å². The first-order valence-electron chi connectivity index (χ1n) is 5.71. The van der Waals surface area contributed by atoms with E-state index in [4.69, 9.17) is 9.47 Å². The summed E-state index contributed by atoms with van der Waals surface area (Å²) in [6.45, 7) is 3.85. The Balaban J connectivity index is 2.99. The molecule has 1 atom stereocenters. The minimum Gasteiger partial charge on any atom is -0.493 e. The number of rotatable bonds is 5. The quantitative estimate of drug-likeness (QED) is 0.849. The molecule has 0 fully saturated rings. The second-order valence-corrected chi connectivity index (χ2v) is 4.99. The van der Waals surface area contributed by atoms with Crippen molar-refractivity contribution < 1.29 is 14.3 Å². The van der Waals surface area contributed by atoms with Gasteiger partial charge in [-0.05, 0) is 25.0 Å². The molecule has 1 unspecified atom stereocenters. The first kappa shape index (κ1) is 14.8. The molecule has 0 aliphatic rings. The van der Waals surface area contributed by atoms with Crippen molar-refractivity contribution in [3.8, 4) is 11.5 Å². The van der Waals surface area contributed by atoms with Crippen LogP contribution in [0.2, 0.25) is 0 Å². The number of alkyl halides is 1. The average Bonchev–Trinajstić information content (AvgIpc) is 2.39. The first-order chi connectivity index (χ1) is 8.53. The lowest BCUT2D eigenvalue weighted by Crippen LogP contribution is -2.22. The van der Waals surface area contributed by atoms with E-state index < -0.39 is 0 Å². The number of benzene rings is 1. The highest BCUT2D eigenvalue weighted by molar-refractivity contribution is 9.10. The van der Waals surface area contributed by atoms with Gasteiger partial charge in [-0.25, -0.2) is 0 Å². The molecule has 4 nitrogen and oxygen atoms in total. The average molecular weight is 316 g/mol. The van der Waals surface area contributed by atoms with E-state index in [0.29, 0.717) is 11.5 Å². The topological polar surface area (TPSA) is 47.6 Å². The molecule has 0 aromatic heterocycles. The number of nitrogens with one attached hydrogen (secondary N) is 1. The van der Waals surface area contributed by atoms with Gasteiger partial charge in [0.15, 0.2) is 11.5 Å². The number of hydrogen-bond acceptors (Lipinski definition) is 3. The third-order valence-electron chi connectivity index (χ3n) is 2.63. The Morgan fingerprint density at radius 1 is 1.33 bits per heavy atom. The summed E-state index contributed by atoms with van der Waals surface area (Å²) in [6.07, 6.45) is 0.734. The van der Waals surface area contributed by atoms with Gasteiger partial charge in [0.05, 0.1) is 19.0 Å². The van der Waals surface area contributed by atoms with Crippen LogP contribution in [0.5, 0.6) is 11.5 Å². The fourth-order valence-electron chi connectivity index (χ4n) is 1.51. The molecule has 0 saturated carbocycles. The molecule has 1 amide bonds. The third-order valence-corrected chi connectivity index (χ3v) is 3.69. The van der Waals surface area contributed by atoms with Gasteiger partial charge in [0, 0.05) is 11.8 Å². The molecule has 18 heavy (non-hydrogen) atoms. The Morgan fingerprint density at radius 3 is 2.39 bits per heavy atom. The fraction of sp³-hybridized carbons (Fsp3) is 0.462. The largest absolute Gasteiger partial charge is 0.493 e. The van der Waals surface area contributed by atoms with Gasteiger partial charge in [0.1, 0.15) is 0 Å². The summed E-state index contributed by atoms with van der Waals surface area (Å²) >= 11 is 3.32. The van der Waals surface area contributed by atoms with Crippen molar-refractivity contribution in [1.29, 1.82) is 0 Å². The van der Waals surface area contributed by atoms with Gasteiger partial charge in [0.25, 0.3) is 0 Å². The molecule has 0 spiro atoms. The molecule has 0 aliphatic heterocycles. The molecule has 0 aliphatic carbocycles. The predicted octanol–water partition coefficient (Wildman–Crippen LogP) is 3.12. The molecule has 0 saturated heterocycles. The predicted molar refractivity (Wildman–Crippen MR) is 75.9 cm³/mol. The number of ether oxygens (including phenoxy) is 2. The second-order valence-electron chi connectivity index (χ2n) is 3.89. The summed E-state index contributed by atoms with van der Waals surface area (Å²) in [5, 5.41) is 2.87. The Kier molecular flexibility index (Phi) is 5.47. The van der Waals surface area contributed by atoms with Gasteiger partial charge in [-0.3, -0.25) is 4.79 Å². The molecular formula is C13H18BrNO3. The molecule has 0 radical (unpaired) electrons. The van der Waals surface area contributed by atoms with Crippen LogP contribution < -0.4 is 14.8 Å². The Labute approximate surface area is 116 Å².